The third-order valence-electron chi connectivity index (χ3n) is 3.42. The molecule has 0 unspecified atom stereocenters. The Morgan fingerprint density at radius 1 is 1.40 bits per heavy atom. The number of halogens is 1. The van der Waals surface area contributed by atoms with Crippen molar-refractivity contribution < 1.29 is 4.74 Å². The number of likely N-dealkylation sites (tertiary alicyclic amines) is 1. The molecule has 1 heterocycles. The summed E-state index contributed by atoms with van der Waals surface area (Å²) in [5, 5.41) is 3.31. The zero-order valence-corrected chi connectivity index (χ0v) is 14.3. The summed E-state index contributed by atoms with van der Waals surface area (Å²) in [5.41, 5.74) is 0. The van der Waals surface area contributed by atoms with Gasteiger partial charge in [0.2, 0.25) is 0 Å². The van der Waals surface area contributed by atoms with E-state index in [-0.39, 0.29) is 0 Å². The normalized spacial score (nSPS) is 17.1. The molecule has 1 aromatic carbocycles. The molecule has 5 heteroatoms. The summed E-state index contributed by atoms with van der Waals surface area (Å²) in [5.74, 6) is 2.00. The molecule has 0 saturated carbocycles. The maximum atomic E-state index is 6.11. The molecule has 2 rings (SSSR count). The number of para-hydroxylation sites is 1. The minimum absolute atomic E-state index is 0.307. The molecule has 1 aromatic rings. The summed E-state index contributed by atoms with van der Waals surface area (Å²) in [4.78, 5) is 6.62. The standard InChI is InChI=1S/C15H22IN3O/c1-3-18-15(17-2)19-10-8-12(9-11-19)20-14-7-5-4-6-13(14)16/h4-7,12H,3,8-11H2,1-2H3,(H,17,18). The maximum Gasteiger partial charge on any atom is 0.193 e. The van der Waals surface area contributed by atoms with Crippen LogP contribution in [0, 0.1) is 3.57 Å². The third kappa shape index (κ3) is 4.01. The van der Waals surface area contributed by atoms with Gasteiger partial charge in [0, 0.05) is 39.5 Å². The Labute approximate surface area is 134 Å². The first-order valence-corrected chi connectivity index (χ1v) is 8.19. The fourth-order valence-electron chi connectivity index (χ4n) is 2.40. The molecule has 110 valence electrons. The van der Waals surface area contributed by atoms with Crippen molar-refractivity contribution in [2.75, 3.05) is 26.7 Å². The van der Waals surface area contributed by atoms with Gasteiger partial charge in [-0.05, 0) is 41.6 Å². The van der Waals surface area contributed by atoms with Crippen molar-refractivity contribution >= 4 is 28.6 Å². The minimum Gasteiger partial charge on any atom is -0.489 e. The lowest BCUT2D eigenvalue weighted by atomic mass is 10.1. The highest BCUT2D eigenvalue weighted by atomic mass is 127. The van der Waals surface area contributed by atoms with Gasteiger partial charge in [-0.25, -0.2) is 0 Å². The van der Waals surface area contributed by atoms with Gasteiger partial charge in [-0.1, -0.05) is 12.1 Å². The summed E-state index contributed by atoms with van der Waals surface area (Å²) in [7, 11) is 1.84. The van der Waals surface area contributed by atoms with Crippen LogP contribution in [0.3, 0.4) is 0 Å². The number of benzene rings is 1. The molecule has 20 heavy (non-hydrogen) atoms. The van der Waals surface area contributed by atoms with Crippen LogP contribution >= 0.6 is 22.6 Å². The highest BCUT2D eigenvalue weighted by molar-refractivity contribution is 14.1. The zero-order valence-electron chi connectivity index (χ0n) is 12.1. The number of aliphatic imine (C=N–C) groups is 1. The summed E-state index contributed by atoms with van der Waals surface area (Å²) >= 11 is 2.32. The molecule has 0 bridgehead atoms. The van der Waals surface area contributed by atoms with Crippen LogP contribution in [-0.2, 0) is 0 Å². The molecule has 0 atom stereocenters. The van der Waals surface area contributed by atoms with Crippen molar-refractivity contribution in [2.24, 2.45) is 4.99 Å². The highest BCUT2D eigenvalue weighted by Crippen LogP contribution is 2.24. The lowest BCUT2D eigenvalue weighted by molar-refractivity contribution is 0.128. The number of nitrogens with one attached hydrogen (secondary N) is 1. The predicted octanol–water partition coefficient (Wildman–Crippen LogP) is 2.73. The lowest BCUT2D eigenvalue weighted by Gasteiger charge is -2.34. The van der Waals surface area contributed by atoms with Crippen molar-refractivity contribution in [1.29, 1.82) is 0 Å². The van der Waals surface area contributed by atoms with Gasteiger partial charge >= 0.3 is 0 Å². The van der Waals surface area contributed by atoms with Crippen LogP contribution in [0.5, 0.6) is 5.75 Å². The predicted molar refractivity (Wildman–Crippen MR) is 91.4 cm³/mol. The molecule has 0 radical (unpaired) electrons. The van der Waals surface area contributed by atoms with E-state index in [4.69, 9.17) is 4.74 Å². The van der Waals surface area contributed by atoms with E-state index in [2.05, 4.69) is 50.8 Å². The average Bonchev–Trinajstić information content (AvgIpc) is 2.48. The van der Waals surface area contributed by atoms with Gasteiger partial charge in [0.05, 0.1) is 3.57 Å². The van der Waals surface area contributed by atoms with E-state index in [1.807, 2.05) is 25.2 Å². The Hall–Kier alpha value is -0.980. The second-order valence-corrected chi connectivity index (χ2v) is 5.97. The second kappa shape index (κ2) is 7.71. The first-order chi connectivity index (χ1) is 9.74. The van der Waals surface area contributed by atoms with Gasteiger partial charge in [-0.3, -0.25) is 4.99 Å². The van der Waals surface area contributed by atoms with E-state index in [0.29, 0.717) is 6.10 Å². The van der Waals surface area contributed by atoms with Crippen molar-refractivity contribution in [3.63, 3.8) is 0 Å². The SMILES string of the molecule is CCNC(=NC)N1CCC(Oc2ccccc2I)CC1. The fourth-order valence-corrected chi connectivity index (χ4v) is 2.91. The largest absolute Gasteiger partial charge is 0.489 e. The Kier molecular flexibility index (Phi) is 5.94. The van der Waals surface area contributed by atoms with E-state index >= 15 is 0 Å². The van der Waals surface area contributed by atoms with Crippen LogP contribution in [0.25, 0.3) is 0 Å². The summed E-state index contributed by atoms with van der Waals surface area (Å²) in [6, 6.07) is 8.20. The van der Waals surface area contributed by atoms with Crippen molar-refractivity contribution in [2.45, 2.75) is 25.9 Å². The average molecular weight is 387 g/mol. The van der Waals surface area contributed by atoms with Crippen LogP contribution in [0.1, 0.15) is 19.8 Å². The molecule has 4 nitrogen and oxygen atoms in total. The van der Waals surface area contributed by atoms with Crippen molar-refractivity contribution in [3.8, 4) is 5.75 Å². The Morgan fingerprint density at radius 2 is 2.10 bits per heavy atom. The number of rotatable bonds is 3. The van der Waals surface area contributed by atoms with Crippen LogP contribution in [0.4, 0.5) is 0 Å². The summed E-state index contributed by atoms with van der Waals surface area (Å²) in [6.45, 7) is 4.99. The van der Waals surface area contributed by atoms with Gasteiger partial charge in [0.25, 0.3) is 0 Å². The first-order valence-electron chi connectivity index (χ1n) is 7.11. The monoisotopic (exact) mass is 387 g/mol. The maximum absolute atomic E-state index is 6.11. The Morgan fingerprint density at radius 3 is 2.70 bits per heavy atom. The number of guanidine groups is 1. The zero-order chi connectivity index (χ0) is 14.4. The molecule has 0 spiro atoms. The topological polar surface area (TPSA) is 36.9 Å². The van der Waals surface area contributed by atoms with Crippen LogP contribution in [-0.4, -0.2) is 43.6 Å². The molecular weight excluding hydrogens is 365 g/mol. The molecule has 1 saturated heterocycles. The summed E-state index contributed by atoms with van der Waals surface area (Å²) < 4.78 is 7.29. The lowest BCUT2D eigenvalue weighted by Crippen LogP contribution is -2.47. The number of hydrogen-bond acceptors (Lipinski definition) is 2. The van der Waals surface area contributed by atoms with E-state index in [0.717, 1.165) is 44.2 Å². The minimum atomic E-state index is 0.307. The van der Waals surface area contributed by atoms with Crippen LogP contribution < -0.4 is 10.1 Å². The second-order valence-electron chi connectivity index (χ2n) is 4.81. The van der Waals surface area contributed by atoms with Crippen LogP contribution in [0.2, 0.25) is 0 Å². The van der Waals surface area contributed by atoms with Gasteiger partial charge in [0.1, 0.15) is 11.9 Å². The van der Waals surface area contributed by atoms with Gasteiger partial charge < -0.3 is 15.0 Å². The molecule has 1 aliphatic heterocycles. The fraction of sp³-hybridized carbons (Fsp3) is 0.533. The molecule has 0 amide bonds. The van der Waals surface area contributed by atoms with Crippen molar-refractivity contribution in [1.82, 2.24) is 10.2 Å². The first kappa shape index (κ1) is 15.4. The molecule has 0 aliphatic carbocycles. The third-order valence-corrected chi connectivity index (χ3v) is 4.31. The van der Waals surface area contributed by atoms with E-state index in [1.165, 1.54) is 3.57 Å². The molecule has 1 N–H and O–H groups in total. The molecule has 1 fully saturated rings. The van der Waals surface area contributed by atoms with E-state index in [9.17, 15) is 0 Å². The molecule has 0 aromatic heterocycles. The number of nitrogens with zero attached hydrogens (tertiary/aromatic N) is 2. The van der Waals surface area contributed by atoms with Gasteiger partial charge in [-0.2, -0.15) is 0 Å². The Bertz CT molecular complexity index is 456. The molecular formula is C15H22IN3O. The molecule has 1 aliphatic rings. The van der Waals surface area contributed by atoms with E-state index in [1.54, 1.807) is 0 Å². The quantitative estimate of drug-likeness (QED) is 0.492. The summed E-state index contributed by atoms with van der Waals surface area (Å²) in [6.07, 6.45) is 2.38. The highest BCUT2D eigenvalue weighted by Gasteiger charge is 2.22. The van der Waals surface area contributed by atoms with E-state index < -0.39 is 0 Å². The number of piperidine rings is 1. The number of hydrogen-bond donors (Lipinski definition) is 1. The van der Waals surface area contributed by atoms with Gasteiger partial charge in [-0.15, -0.1) is 0 Å². The van der Waals surface area contributed by atoms with Crippen molar-refractivity contribution in [3.05, 3.63) is 27.8 Å². The van der Waals surface area contributed by atoms with Gasteiger partial charge in [0.15, 0.2) is 5.96 Å². The van der Waals surface area contributed by atoms with Crippen LogP contribution in [0.15, 0.2) is 29.3 Å². The number of ether oxygens (including phenoxy) is 1. The Balaban J connectivity index is 1.87. The smallest absolute Gasteiger partial charge is 0.193 e.